The monoisotopic (exact) mass is 336 g/mol. The van der Waals surface area contributed by atoms with Crippen LogP contribution in [0.25, 0.3) is 0 Å². The standard InChI is InChI=1S/C16H14F2N2S2/c17-13-3-1-2-12(15(13)18)9-20-14(16-19-5-7-22-16)8-11-4-6-21-10-11/h1-7,10,14,20H,8-9H2/t14-/m1/s1. The summed E-state index contributed by atoms with van der Waals surface area (Å²) in [5.41, 5.74) is 1.53. The van der Waals surface area contributed by atoms with E-state index in [4.69, 9.17) is 0 Å². The quantitative estimate of drug-likeness (QED) is 0.714. The molecule has 0 fully saturated rings. The molecule has 0 aliphatic rings. The van der Waals surface area contributed by atoms with E-state index in [0.717, 1.165) is 17.5 Å². The van der Waals surface area contributed by atoms with Gasteiger partial charge in [0.15, 0.2) is 11.6 Å². The van der Waals surface area contributed by atoms with Crippen molar-refractivity contribution in [1.82, 2.24) is 10.3 Å². The first-order valence-electron chi connectivity index (χ1n) is 6.81. The fourth-order valence-corrected chi connectivity index (χ4v) is 3.61. The van der Waals surface area contributed by atoms with Gasteiger partial charge >= 0.3 is 0 Å². The second-order valence-corrected chi connectivity index (χ2v) is 6.56. The summed E-state index contributed by atoms with van der Waals surface area (Å²) < 4.78 is 27.0. The van der Waals surface area contributed by atoms with Crippen molar-refractivity contribution in [3.05, 3.63) is 74.4 Å². The molecule has 1 aromatic carbocycles. The van der Waals surface area contributed by atoms with E-state index < -0.39 is 11.6 Å². The molecule has 0 unspecified atom stereocenters. The van der Waals surface area contributed by atoms with Crippen molar-refractivity contribution in [1.29, 1.82) is 0 Å². The molecule has 2 heterocycles. The average molecular weight is 336 g/mol. The molecule has 2 nitrogen and oxygen atoms in total. The van der Waals surface area contributed by atoms with Crippen LogP contribution in [0.15, 0.2) is 46.6 Å². The predicted octanol–water partition coefficient (Wildman–Crippen LogP) is 4.56. The van der Waals surface area contributed by atoms with E-state index in [1.807, 2.05) is 10.8 Å². The van der Waals surface area contributed by atoms with Crippen molar-refractivity contribution in [2.45, 2.75) is 19.0 Å². The number of hydrogen-bond donors (Lipinski definition) is 1. The van der Waals surface area contributed by atoms with Gasteiger partial charge in [0.25, 0.3) is 0 Å². The van der Waals surface area contributed by atoms with E-state index in [0.29, 0.717) is 5.56 Å². The van der Waals surface area contributed by atoms with Crippen LogP contribution in [0.2, 0.25) is 0 Å². The van der Waals surface area contributed by atoms with Gasteiger partial charge in [-0.25, -0.2) is 13.8 Å². The third-order valence-corrected chi connectivity index (χ3v) is 4.96. The molecular weight excluding hydrogens is 322 g/mol. The molecule has 6 heteroatoms. The van der Waals surface area contributed by atoms with Crippen molar-refractivity contribution < 1.29 is 8.78 Å². The van der Waals surface area contributed by atoms with Crippen molar-refractivity contribution >= 4 is 22.7 Å². The molecule has 0 amide bonds. The van der Waals surface area contributed by atoms with Crippen LogP contribution in [0.4, 0.5) is 8.78 Å². The van der Waals surface area contributed by atoms with E-state index in [1.54, 1.807) is 34.9 Å². The summed E-state index contributed by atoms with van der Waals surface area (Å²) in [4.78, 5) is 4.34. The number of thiophene rings is 1. The van der Waals surface area contributed by atoms with Gasteiger partial charge in [0.05, 0.1) is 6.04 Å². The highest BCUT2D eigenvalue weighted by Crippen LogP contribution is 2.23. The maximum atomic E-state index is 13.7. The van der Waals surface area contributed by atoms with Crippen LogP contribution in [-0.2, 0) is 13.0 Å². The van der Waals surface area contributed by atoms with Crippen molar-refractivity contribution in [3.63, 3.8) is 0 Å². The number of hydrogen-bond acceptors (Lipinski definition) is 4. The fraction of sp³-hybridized carbons (Fsp3) is 0.188. The second kappa shape index (κ2) is 7.09. The predicted molar refractivity (Wildman–Crippen MR) is 86.1 cm³/mol. The molecule has 114 valence electrons. The number of benzene rings is 1. The largest absolute Gasteiger partial charge is 0.303 e. The van der Waals surface area contributed by atoms with Gasteiger partial charge in [0.2, 0.25) is 0 Å². The normalized spacial score (nSPS) is 12.5. The number of rotatable bonds is 6. The van der Waals surface area contributed by atoms with Crippen LogP contribution in [-0.4, -0.2) is 4.98 Å². The van der Waals surface area contributed by atoms with E-state index in [9.17, 15) is 8.78 Å². The Morgan fingerprint density at radius 2 is 2.09 bits per heavy atom. The molecule has 0 radical (unpaired) electrons. The Bertz CT molecular complexity index is 712. The van der Waals surface area contributed by atoms with Crippen LogP contribution in [0.1, 0.15) is 22.2 Å². The third kappa shape index (κ3) is 3.58. The Labute approximate surface area is 135 Å². The molecule has 3 aromatic rings. The third-order valence-electron chi connectivity index (χ3n) is 3.34. The lowest BCUT2D eigenvalue weighted by atomic mass is 10.1. The summed E-state index contributed by atoms with van der Waals surface area (Å²) in [6, 6.07) is 6.29. The zero-order chi connectivity index (χ0) is 15.4. The van der Waals surface area contributed by atoms with Gasteiger partial charge in [-0.1, -0.05) is 12.1 Å². The van der Waals surface area contributed by atoms with Gasteiger partial charge in [-0.3, -0.25) is 0 Å². The highest BCUT2D eigenvalue weighted by molar-refractivity contribution is 7.09. The lowest BCUT2D eigenvalue weighted by Crippen LogP contribution is -2.23. The minimum absolute atomic E-state index is 0.0164. The van der Waals surface area contributed by atoms with Crippen LogP contribution in [0.5, 0.6) is 0 Å². The Balaban J connectivity index is 1.74. The zero-order valence-electron chi connectivity index (χ0n) is 11.6. The van der Waals surface area contributed by atoms with Gasteiger partial charge in [0.1, 0.15) is 5.01 Å². The lowest BCUT2D eigenvalue weighted by Gasteiger charge is -2.16. The fourth-order valence-electron chi connectivity index (χ4n) is 2.22. The molecule has 2 aromatic heterocycles. The smallest absolute Gasteiger partial charge is 0.163 e. The number of aromatic nitrogens is 1. The molecule has 0 saturated carbocycles. The molecule has 0 bridgehead atoms. The number of thiazole rings is 1. The van der Waals surface area contributed by atoms with Gasteiger partial charge in [-0.2, -0.15) is 11.3 Å². The molecule has 3 rings (SSSR count). The maximum absolute atomic E-state index is 13.7. The topological polar surface area (TPSA) is 24.9 Å². The molecule has 0 saturated heterocycles. The van der Waals surface area contributed by atoms with Crippen molar-refractivity contribution in [2.75, 3.05) is 0 Å². The van der Waals surface area contributed by atoms with E-state index >= 15 is 0 Å². The SMILES string of the molecule is Fc1cccc(CN[C@H](Cc2ccsc2)c2nccs2)c1F. The summed E-state index contributed by atoms with van der Waals surface area (Å²) >= 11 is 3.20. The second-order valence-electron chi connectivity index (χ2n) is 4.85. The molecule has 22 heavy (non-hydrogen) atoms. The summed E-state index contributed by atoms with van der Waals surface area (Å²) in [6.07, 6.45) is 2.53. The Kier molecular flexibility index (Phi) is 4.92. The van der Waals surface area contributed by atoms with Crippen LogP contribution < -0.4 is 5.32 Å². The first-order valence-corrected chi connectivity index (χ1v) is 8.63. The summed E-state index contributed by atoms with van der Waals surface area (Å²) in [5.74, 6) is -1.61. The highest BCUT2D eigenvalue weighted by Gasteiger charge is 2.16. The first-order chi connectivity index (χ1) is 10.7. The van der Waals surface area contributed by atoms with Crippen molar-refractivity contribution in [3.8, 4) is 0 Å². The molecule has 0 aliphatic carbocycles. The summed E-state index contributed by atoms with van der Waals surface area (Å²) in [7, 11) is 0. The van der Waals surface area contributed by atoms with E-state index in [-0.39, 0.29) is 12.6 Å². The zero-order valence-corrected chi connectivity index (χ0v) is 13.3. The summed E-state index contributed by atoms with van der Waals surface area (Å²) in [5, 5.41) is 10.3. The minimum Gasteiger partial charge on any atom is -0.303 e. The van der Waals surface area contributed by atoms with Crippen LogP contribution in [0, 0.1) is 11.6 Å². The molecule has 1 atom stereocenters. The minimum atomic E-state index is -0.817. The van der Waals surface area contributed by atoms with Gasteiger partial charge in [0, 0.05) is 23.7 Å². The molecule has 0 spiro atoms. The molecule has 1 N–H and O–H groups in total. The van der Waals surface area contributed by atoms with Crippen LogP contribution in [0.3, 0.4) is 0 Å². The van der Waals surface area contributed by atoms with Gasteiger partial charge in [-0.15, -0.1) is 11.3 Å². The first kappa shape index (κ1) is 15.3. The Morgan fingerprint density at radius 3 is 2.82 bits per heavy atom. The van der Waals surface area contributed by atoms with E-state index in [1.165, 1.54) is 11.6 Å². The van der Waals surface area contributed by atoms with Gasteiger partial charge in [-0.05, 0) is 34.9 Å². The maximum Gasteiger partial charge on any atom is 0.163 e. The Hall–Kier alpha value is -1.63. The summed E-state index contributed by atoms with van der Waals surface area (Å²) in [6.45, 7) is 0.262. The number of halogens is 2. The van der Waals surface area contributed by atoms with E-state index in [2.05, 4.69) is 21.7 Å². The van der Waals surface area contributed by atoms with Crippen molar-refractivity contribution in [2.24, 2.45) is 0 Å². The molecule has 0 aliphatic heterocycles. The van der Waals surface area contributed by atoms with Gasteiger partial charge < -0.3 is 5.32 Å². The van der Waals surface area contributed by atoms with Crippen LogP contribution >= 0.6 is 22.7 Å². The highest BCUT2D eigenvalue weighted by atomic mass is 32.1. The Morgan fingerprint density at radius 1 is 1.18 bits per heavy atom. The number of nitrogens with zero attached hydrogens (tertiary/aromatic N) is 1. The molecular formula is C16H14F2N2S2. The lowest BCUT2D eigenvalue weighted by molar-refractivity contribution is 0.476. The number of nitrogens with one attached hydrogen (secondary N) is 1. The average Bonchev–Trinajstić information content (AvgIpc) is 3.20.